The van der Waals surface area contributed by atoms with Gasteiger partial charge in [0.1, 0.15) is 12.2 Å². The Morgan fingerprint density at radius 1 is 1.31 bits per heavy atom. The molecule has 78 valence electrons. The van der Waals surface area contributed by atoms with Crippen LogP contribution in [-0.4, -0.2) is 62.5 Å². The molecule has 7 nitrogen and oxygen atoms in total. The van der Waals surface area contributed by atoms with Crippen LogP contribution >= 0.6 is 0 Å². The molecule has 0 radical (unpaired) electrons. The second kappa shape index (κ2) is 3.14. The van der Waals surface area contributed by atoms with Crippen molar-refractivity contribution in [3.8, 4) is 0 Å². The van der Waals surface area contributed by atoms with E-state index in [0.717, 1.165) is 0 Å². The van der Waals surface area contributed by atoms with Crippen LogP contribution in [0.15, 0.2) is 0 Å². The van der Waals surface area contributed by atoms with Crippen molar-refractivity contribution in [2.24, 2.45) is 5.73 Å². The van der Waals surface area contributed by atoms with E-state index in [-0.39, 0.29) is 0 Å². The average molecular weight is 195 g/mol. The van der Waals surface area contributed by atoms with Gasteiger partial charge in [-0.25, -0.2) is 0 Å². The summed E-state index contributed by atoms with van der Waals surface area (Å²) in [6, 6.07) is 0. The second-order valence-electron chi connectivity index (χ2n) is 3.17. The number of rotatable bonds is 1. The van der Waals surface area contributed by atoms with Gasteiger partial charge in [-0.3, -0.25) is 5.73 Å². The van der Waals surface area contributed by atoms with Crippen molar-refractivity contribution in [2.45, 2.75) is 23.7 Å². The van der Waals surface area contributed by atoms with E-state index in [9.17, 15) is 20.4 Å². The van der Waals surface area contributed by atoms with E-state index in [2.05, 4.69) is 4.74 Å². The molecule has 0 amide bonds. The van der Waals surface area contributed by atoms with Crippen molar-refractivity contribution in [3.05, 3.63) is 0 Å². The van der Waals surface area contributed by atoms with Crippen LogP contribution in [0.5, 0.6) is 0 Å². The molecular weight excluding hydrogens is 182 g/mol. The maximum absolute atomic E-state index is 9.30. The molecule has 1 saturated heterocycles. The molecule has 1 rings (SSSR count). The van der Waals surface area contributed by atoms with E-state index in [4.69, 9.17) is 10.8 Å². The van der Waals surface area contributed by atoms with Gasteiger partial charge in [0.05, 0.1) is 13.2 Å². The molecule has 0 aliphatic carbocycles. The number of aliphatic hydroxyl groups excluding tert-OH is 3. The van der Waals surface area contributed by atoms with Gasteiger partial charge >= 0.3 is 0 Å². The Labute approximate surface area is 74.0 Å². The van der Waals surface area contributed by atoms with Gasteiger partial charge in [-0.05, 0) is 0 Å². The monoisotopic (exact) mass is 195 g/mol. The van der Waals surface area contributed by atoms with Crippen LogP contribution in [0.2, 0.25) is 0 Å². The third-order valence-corrected chi connectivity index (χ3v) is 2.05. The van der Waals surface area contributed by atoms with E-state index in [1.54, 1.807) is 0 Å². The van der Waals surface area contributed by atoms with Crippen LogP contribution < -0.4 is 5.73 Å². The van der Waals surface area contributed by atoms with E-state index in [1.807, 2.05) is 0 Å². The zero-order chi connectivity index (χ0) is 10.3. The van der Waals surface area contributed by atoms with Gasteiger partial charge < -0.3 is 30.3 Å². The van der Waals surface area contributed by atoms with Crippen molar-refractivity contribution in [1.29, 1.82) is 0 Å². The summed E-state index contributed by atoms with van der Waals surface area (Å²) in [7, 11) is 0. The Balaban J connectivity index is 2.82. The highest BCUT2D eigenvalue weighted by Gasteiger charge is 2.53. The molecule has 1 fully saturated rings. The minimum absolute atomic E-state index is 0.581. The summed E-state index contributed by atoms with van der Waals surface area (Å²) >= 11 is 0. The minimum Gasteiger partial charge on any atom is -0.391 e. The maximum atomic E-state index is 9.30. The van der Waals surface area contributed by atoms with Gasteiger partial charge in [-0.2, -0.15) is 0 Å². The van der Waals surface area contributed by atoms with E-state index >= 15 is 0 Å². The summed E-state index contributed by atoms with van der Waals surface area (Å²) in [5.74, 6) is -2.27. The van der Waals surface area contributed by atoms with Crippen molar-refractivity contribution < 1.29 is 30.3 Å². The summed E-state index contributed by atoms with van der Waals surface area (Å²) < 4.78 is 4.53. The van der Waals surface area contributed by atoms with Gasteiger partial charge in [0, 0.05) is 0 Å². The number of hydrogen-bond donors (Lipinski definition) is 6. The predicted molar refractivity (Wildman–Crippen MR) is 39.1 cm³/mol. The molecule has 13 heavy (non-hydrogen) atoms. The third kappa shape index (κ3) is 1.67. The molecule has 0 aromatic carbocycles. The smallest absolute Gasteiger partial charge is 0.218 e. The minimum atomic E-state index is -2.27. The Hall–Kier alpha value is -0.280. The van der Waals surface area contributed by atoms with Gasteiger partial charge in [0.15, 0.2) is 5.72 Å². The van der Waals surface area contributed by atoms with Gasteiger partial charge in [-0.15, -0.1) is 0 Å². The molecule has 0 spiro atoms. The molecule has 1 aliphatic rings. The first kappa shape index (κ1) is 10.8. The van der Waals surface area contributed by atoms with Crippen molar-refractivity contribution in [3.63, 3.8) is 0 Å². The normalized spacial score (nSPS) is 52.2. The molecule has 1 heterocycles. The Morgan fingerprint density at radius 3 is 2.31 bits per heavy atom. The summed E-state index contributed by atoms with van der Waals surface area (Å²) in [5.41, 5.74) is 2.99. The number of ether oxygens (including phenoxy) is 1. The van der Waals surface area contributed by atoms with Crippen LogP contribution in [0.3, 0.4) is 0 Å². The number of nitrogens with two attached hydrogens (primary N) is 1. The lowest BCUT2D eigenvalue weighted by atomic mass is 9.93. The lowest BCUT2D eigenvalue weighted by Gasteiger charge is -2.44. The molecule has 7 N–H and O–H groups in total. The maximum Gasteiger partial charge on any atom is 0.218 e. The van der Waals surface area contributed by atoms with Gasteiger partial charge in [0.2, 0.25) is 5.79 Å². The molecule has 0 bridgehead atoms. The molecular formula is C6H13NO6. The van der Waals surface area contributed by atoms with Gasteiger partial charge in [0.25, 0.3) is 0 Å². The topological polar surface area (TPSA) is 136 Å². The largest absolute Gasteiger partial charge is 0.391 e. The van der Waals surface area contributed by atoms with E-state index < -0.39 is 36.9 Å². The lowest BCUT2D eigenvalue weighted by Crippen LogP contribution is -2.71. The van der Waals surface area contributed by atoms with Crippen molar-refractivity contribution in [1.82, 2.24) is 0 Å². The molecule has 7 heteroatoms. The fourth-order valence-corrected chi connectivity index (χ4v) is 1.07. The molecule has 4 atom stereocenters. The molecule has 0 aromatic heterocycles. The van der Waals surface area contributed by atoms with Crippen molar-refractivity contribution in [2.75, 3.05) is 13.2 Å². The Bertz CT molecular complexity index is 198. The summed E-state index contributed by atoms with van der Waals surface area (Å²) in [4.78, 5) is 0. The first-order valence-corrected chi connectivity index (χ1v) is 3.68. The average Bonchev–Trinajstić information content (AvgIpc) is 2.10. The number of aliphatic hydroxyl groups is 5. The van der Waals surface area contributed by atoms with Crippen LogP contribution in [0, 0.1) is 0 Å². The van der Waals surface area contributed by atoms with Crippen LogP contribution in [-0.2, 0) is 4.74 Å². The molecule has 0 aromatic rings. The van der Waals surface area contributed by atoms with E-state index in [1.165, 1.54) is 0 Å². The lowest BCUT2D eigenvalue weighted by molar-refractivity contribution is -0.351. The Morgan fingerprint density at radius 2 is 1.85 bits per heavy atom. The van der Waals surface area contributed by atoms with Crippen LogP contribution in [0.1, 0.15) is 0 Å². The zero-order valence-corrected chi connectivity index (χ0v) is 6.79. The summed E-state index contributed by atoms with van der Waals surface area (Å²) in [6.07, 6.45) is -3.64. The van der Waals surface area contributed by atoms with E-state index in [0.29, 0.717) is 0 Å². The fraction of sp³-hybridized carbons (Fsp3) is 1.00. The summed E-state index contributed by atoms with van der Waals surface area (Å²) in [6.45, 7) is -1.48. The standard InChI is InChI=1S/C6H13NO6/c7-5(11)2-13-6(12,1-8)4(10)3(5)9/h3-4,8-12H,1-2,7H2/t3-,4-,5+,6-/m0/s1. The Kier molecular flexibility index (Phi) is 2.61. The van der Waals surface area contributed by atoms with Gasteiger partial charge in [-0.1, -0.05) is 0 Å². The van der Waals surface area contributed by atoms with Crippen molar-refractivity contribution >= 4 is 0 Å². The number of hydrogen-bond acceptors (Lipinski definition) is 7. The highest BCUT2D eigenvalue weighted by molar-refractivity contribution is 4.97. The summed E-state index contributed by atoms with van der Waals surface area (Å²) in [5, 5.41) is 45.5. The van der Waals surface area contributed by atoms with Crippen LogP contribution in [0.25, 0.3) is 0 Å². The molecule has 1 aliphatic heterocycles. The SMILES string of the molecule is N[C@@]1(O)CO[C@@](O)(CO)[C@@H](O)[C@@H]1O. The van der Waals surface area contributed by atoms with Crippen LogP contribution in [0.4, 0.5) is 0 Å². The molecule has 0 saturated carbocycles. The third-order valence-electron chi connectivity index (χ3n) is 2.05. The zero-order valence-electron chi connectivity index (χ0n) is 6.79. The highest BCUT2D eigenvalue weighted by atomic mass is 16.7. The first-order chi connectivity index (χ1) is 5.83. The molecule has 0 unspecified atom stereocenters. The predicted octanol–water partition coefficient (Wildman–Crippen LogP) is -3.93. The first-order valence-electron chi connectivity index (χ1n) is 3.68. The highest BCUT2D eigenvalue weighted by Crippen LogP contribution is 2.26. The fourth-order valence-electron chi connectivity index (χ4n) is 1.07. The quantitative estimate of drug-likeness (QED) is 0.235. The second-order valence-corrected chi connectivity index (χ2v) is 3.17.